The number of aryl methyl sites for hydroxylation is 2. The van der Waals surface area contributed by atoms with Crippen LogP contribution >= 0.6 is 0 Å². The molecule has 14 heteroatoms. The van der Waals surface area contributed by atoms with Crippen molar-refractivity contribution in [3.63, 3.8) is 0 Å². The molecule has 50 heavy (non-hydrogen) atoms. The van der Waals surface area contributed by atoms with Crippen LogP contribution in [0.1, 0.15) is 38.5 Å². The number of aldehydes is 2. The fourth-order valence-corrected chi connectivity index (χ4v) is 7.11. The molecule has 7 rings (SSSR count). The molecule has 12 nitrogen and oxygen atoms in total. The van der Waals surface area contributed by atoms with E-state index < -0.39 is 12.3 Å². The number of rotatable bonds is 11. The third-order valence-electron chi connectivity index (χ3n) is 10.1. The molecule has 0 atom stereocenters. The number of carbonyl (C=O) groups excluding carboxylic acids is 2. The minimum absolute atomic E-state index is 0.220. The van der Waals surface area contributed by atoms with Crippen molar-refractivity contribution in [1.82, 2.24) is 24.0 Å². The fraction of sp³-hybridized carbons (Fsp3) is 0.417. The van der Waals surface area contributed by atoms with Crippen LogP contribution < -0.4 is 20.7 Å². The minimum atomic E-state index is -2.82. The summed E-state index contributed by atoms with van der Waals surface area (Å²) in [5.74, 6) is -1.92. The van der Waals surface area contributed by atoms with Crippen molar-refractivity contribution in [1.29, 1.82) is 0 Å². The minimum Gasteiger partial charge on any atom is -0.378 e. The van der Waals surface area contributed by atoms with Gasteiger partial charge in [-0.15, -0.1) is 0 Å². The Morgan fingerprint density at radius 2 is 1.88 bits per heavy atom. The van der Waals surface area contributed by atoms with Crippen molar-refractivity contribution in [2.75, 3.05) is 68.1 Å². The van der Waals surface area contributed by atoms with Crippen molar-refractivity contribution >= 4 is 35.6 Å². The third-order valence-corrected chi connectivity index (χ3v) is 10.1. The molecule has 0 aromatic carbocycles. The van der Waals surface area contributed by atoms with Crippen molar-refractivity contribution in [3.05, 3.63) is 81.8 Å². The third kappa shape index (κ3) is 6.64. The van der Waals surface area contributed by atoms with Crippen molar-refractivity contribution in [2.24, 2.45) is 7.05 Å². The Morgan fingerprint density at radius 1 is 1.08 bits per heavy atom. The first-order valence-corrected chi connectivity index (χ1v) is 16.8. The predicted molar refractivity (Wildman–Crippen MR) is 186 cm³/mol. The number of halogens is 2. The van der Waals surface area contributed by atoms with Crippen molar-refractivity contribution in [3.8, 4) is 11.1 Å². The molecule has 3 aliphatic rings. The van der Waals surface area contributed by atoms with Gasteiger partial charge in [0.05, 0.1) is 48.8 Å². The largest absolute Gasteiger partial charge is 0.378 e. The number of likely N-dealkylation sites (N-methyl/N-ethyl adjacent to an activating group) is 1. The number of piperazine rings is 1. The van der Waals surface area contributed by atoms with Gasteiger partial charge in [-0.2, -0.15) is 0 Å². The molecular weight excluding hydrogens is 646 g/mol. The first-order valence-electron chi connectivity index (χ1n) is 16.8. The summed E-state index contributed by atoms with van der Waals surface area (Å²) in [6.07, 6.45) is 6.04. The second-order valence-electron chi connectivity index (χ2n) is 13.3. The Labute approximate surface area is 288 Å². The normalized spacial score (nSPS) is 17.6. The fourth-order valence-electron chi connectivity index (χ4n) is 7.11. The molecule has 0 radical (unpaired) electrons. The summed E-state index contributed by atoms with van der Waals surface area (Å²) in [7, 11) is 3.40. The van der Waals surface area contributed by atoms with E-state index in [9.17, 15) is 23.2 Å². The lowest BCUT2D eigenvalue weighted by Crippen LogP contribution is -2.56. The number of aromatic nitrogens is 4. The average Bonchev–Trinajstić information content (AvgIpc) is 3.44. The van der Waals surface area contributed by atoms with Gasteiger partial charge in [-0.05, 0) is 47.9 Å². The quantitative estimate of drug-likeness (QED) is 0.234. The second kappa shape index (κ2) is 13.8. The zero-order valence-corrected chi connectivity index (χ0v) is 28.1. The van der Waals surface area contributed by atoms with Crippen LogP contribution in [0.25, 0.3) is 11.1 Å². The molecule has 2 saturated heterocycles. The van der Waals surface area contributed by atoms with E-state index in [1.165, 1.54) is 4.57 Å². The molecule has 0 bridgehead atoms. The maximum Gasteiger partial charge on any atom is 0.274 e. The number of pyridine rings is 3. The number of alkyl halides is 2. The number of nitrogens with zero attached hydrogens (tertiary/aromatic N) is 7. The summed E-state index contributed by atoms with van der Waals surface area (Å²) >= 11 is 0. The van der Waals surface area contributed by atoms with Crippen LogP contribution in [0.4, 0.5) is 31.8 Å². The summed E-state index contributed by atoms with van der Waals surface area (Å²) in [4.78, 5) is 53.2. The Kier molecular flexibility index (Phi) is 9.23. The van der Waals surface area contributed by atoms with Crippen LogP contribution in [0.5, 0.6) is 0 Å². The molecule has 1 aliphatic carbocycles. The smallest absolute Gasteiger partial charge is 0.274 e. The topological polar surface area (TPSA) is 118 Å². The van der Waals surface area contributed by atoms with Gasteiger partial charge in [0.15, 0.2) is 12.6 Å². The first kappa shape index (κ1) is 33.5. The van der Waals surface area contributed by atoms with Gasteiger partial charge in [0, 0.05) is 83.4 Å². The zero-order chi connectivity index (χ0) is 35.0. The molecule has 2 fully saturated rings. The van der Waals surface area contributed by atoms with Crippen molar-refractivity contribution in [2.45, 2.75) is 37.8 Å². The molecule has 6 heterocycles. The summed E-state index contributed by atoms with van der Waals surface area (Å²) < 4.78 is 37.0. The number of anilines is 4. The number of hydrogen-bond acceptors (Lipinski definition) is 10. The van der Waals surface area contributed by atoms with Gasteiger partial charge in [-0.1, -0.05) is 0 Å². The summed E-state index contributed by atoms with van der Waals surface area (Å²) in [5.41, 5.74) is 4.14. The highest BCUT2D eigenvalue weighted by Crippen LogP contribution is 2.35. The van der Waals surface area contributed by atoms with Crippen LogP contribution in [-0.2, 0) is 31.2 Å². The Hall–Kier alpha value is -4.95. The van der Waals surface area contributed by atoms with E-state index in [-0.39, 0.29) is 24.9 Å². The molecule has 0 saturated carbocycles. The van der Waals surface area contributed by atoms with Gasteiger partial charge in [0.1, 0.15) is 17.3 Å². The van der Waals surface area contributed by atoms with E-state index in [1.54, 1.807) is 60.4 Å². The molecule has 0 amide bonds. The highest BCUT2D eigenvalue weighted by Gasteiger charge is 2.36. The van der Waals surface area contributed by atoms with Gasteiger partial charge >= 0.3 is 0 Å². The second-order valence-corrected chi connectivity index (χ2v) is 13.3. The Morgan fingerprint density at radius 3 is 2.56 bits per heavy atom. The number of fused-ring (bicyclic) bond motifs is 1. The number of nitrogens with one attached hydrogen (secondary N) is 1. The van der Waals surface area contributed by atoms with E-state index in [2.05, 4.69) is 25.1 Å². The zero-order valence-electron chi connectivity index (χ0n) is 28.1. The molecule has 4 aromatic rings. The molecule has 0 unspecified atom stereocenters. The SMILES string of the molecule is CN(CCn1c(C=O)cc2c1CC(F)(F)CC2)c1nccc(-c2cc(Nc3ccc(N4CCN(C5COC5)CC4)cn3)c(=O)n(C)c2)c1C=O. The average molecular weight is 687 g/mol. The number of ether oxygens (including phenoxy) is 1. The van der Waals surface area contributed by atoms with Gasteiger partial charge in [-0.25, -0.2) is 18.7 Å². The number of hydrogen-bond donors (Lipinski definition) is 1. The maximum atomic E-state index is 14.3. The van der Waals surface area contributed by atoms with Crippen LogP contribution in [-0.4, -0.2) is 102 Å². The molecule has 1 N–H and O–H groups in total. The lowest BCUT2D eigenvalue weighted by atomic mass is 9.94. The number of carbonyl (C=O) groups is 2. The van der Waals surface area contributed by atoms with Gasteiger partial charge < -0.3 is 29.0 Å². The van der Waals surface area contributed by atoms with E-state index in [0.29, 0.717) is 64.3 Å². The predicted octanol–water partition coefficient (Wildman–Crippen LogP) is 3.79. The lowest BCUT2D eigenvalue weighted by molar-refractivity contribution is -0.0660. The van der Waals surface area contributed by atoms with Gasteiger partial charge in [-0.3, -0.25) is 19.3 Å². The van der Waals surface area contributed by atoms with Gasteiger partial charge in [0.25, 0.3) is 11.5 Å². The molecule has 0 spiro atoms. The highest BCUT2D eigenvalue weighted by molar-refractivity contribution is 5.93. The van der Waals surface area contributed by atoms with Crippen LogP contribution in [0.15, 0.2) is 53.7 Å². The van der Waals surface area contributed by atoms with Gasteiger partial charge in [0.2, 0.25) is 0 Å². The van der Waals surface area contributed by atoms with E-state index >= 15 is 0 Å². The monoisotopic (exact) mass is 686 g/mol. The Bertz CT molecular complexity index is 1950. The van der Waals surface area contributed by atoms with Crippen LogP contribution in [0, 0.1) is 0 Å². The first-order chi connectivity index (χ1) is 24.1. The summed E-state index contributed by atoms with van der Waals surface area (Å²) in [5, 5.41) is 3.16. The van der Waals surface area contributed by atoms with Crippen LogP contribution in [0.2, 0.25) is 0 Å². The summed E-state index contributed by atoms with van der Waals surface area (Å²) in [6.45, 7) is 5.95. The molecular formula is C36H40F2N8O4. The molecule has 4 aromatic heterocycles. The van der Waals surface area contributed by atoms with E-state index in [1.807, 2.05) is 12.1 Å². The highest BCUT2D eigenvalue weighted by atomic mass is 19.3. The lowest BCUT2D eigenvalue weighted by Gasteiger charge is -2.43. The van der Waals surface area contributed by atoms with E-state index in [4.69, 9.17) is 4.74 Å². The van der Waals surface area contributed by atoms with Crippen molar-refractivity contribution < 1.29 is 23.1 Å². The Balaban J connectivity index is 1.08. The standard InChI is InChI=1S/C36H40F2N8O4/c1-42(9-14-46-27(20-47)15-24-5-7-36(37,38)17-32(24)46)34-30(21-48)29(6-8-39-34)25-16-31(35(49)43(2)19-25)41-33-4-3-26(18-40-33)44-10-12-45(13-11-44)28-22-50-23-28/h3-4,6,8,15-16,18-21,28H,5,7,9-14,17,22-23H2,1-2H3,(H,40,41). The summed E-state index contributed by atoms with van der Waals surface area (Å²) in [6, 6.07) is 9.47. The molecule has 2 aliphatic heterocycles. The van der Waals surface area contributed by atoms with E-state index in [0.717, 1.165) is 56.9 Å². The maximum absolute atomic E-state index is 14.3. The van der Waals surface area contributed by atoms with Crippen LogP contribution in [0.3, 0.4) is 0 Å². The molecule has 262 valence electrons.